The molecule has 0 saturated carbocycles. The number of hydrogen-bond acceptors (Lipinski definition) is 3. The Morgan fingerprint density at radius 2 is 2.17 bits per heavy atom. The van der Waals surface area contributed by atoms with Crippen LogP contribution in [0.15, 0.2) is 41.5 Å². The molecule has 6 heteroatoms. The van der Waals surface area contributed by atoms with Gasteiger partial charge in [-0.2, -0.15) is 10.1 Å². The average Bonchev–Trinajstić information content (AvgIpc) is 3.13. The second kappa shape index (κ2) is 6.23. The second-order valence-corrected chi connectivity index (χ2v) is 6.32. The number of amides is 1. The van der Waals surface area contributed by atoms with Crippen molar-refractivity contribution in [2.75, 3.05) is 0 Å². The van der Waals surface area contributed by atoms with Gasteiger partial charge in [-0.05, 0) is 32.0 Å². The first-order chi connectivity index (χ1) is 11.1. The Hall–Kier alpha value is -2.65. The van der Waals surface area contributed by atoms with Crippen LogP contribution in [0, 0.1) is 12.3 Å². The number of fused-ring (bicyclic) bond motifs is 1. The Kier molecular flexibility index (Phi) is 4.13. The van der Waals surface area contributed by atoms with Gasteiger partial charge < -0.3 is 4.57 Å². The molecule has 0 unspecified atom stereocenters. The molecule has 0 aliphatic carbocycles. The topological polar surface area (TPSA) is 52.2 Å². The van der Waals surface area contributed by atoms with Gasteiger partial charge in [0.25, 0.3) is 5.91 Å². The van der Waals surface area contributed by atoms with E-state index < -0.39 is 0 Å². The largest absolute Gasteiger partial charge is 0.305 e. The number of benzene rings is 1. The van der Waals surface area contributed by atoms with Crippen molar-refractivity contribution in [3.8, 4) is 12.3 Å². The van der Waals surface area contributed by atoms with Crippen molar-refractivity contribution in [1.82, 2.24) is 14.3 Å². The van der Waals surface area contributed by atoms with E-state index in [4.69, 9.17) is 6.42 Å². The van der Waals surface area contributed by atoms with Crippen LogP contribution in [0.4, 0.5) is 0 Å². The second-order valence-electron chi connectivity index (χ2n) is 5.31. The van der Waals surface area contributed by atoms with Crippen LogP contribution in [0.1, 0.15) is 30.4 Å². The molecule has 0 atom stereocenters. The maximum Gasteiger partial charge on any atom is 0.297 e. The van der Waals surface area contributed by atoms with E-state index in [2.05, 4.69) is 16.0 Å². The molecular weight excluding hydrogens is 308 g/mol. The van der Waals surface area contributed by atoms with Crippen LogP contribution >= 0.6 is 11.3 Å². The fourth-order valence-corrected chi connectivity index (χ4v) is 3.42. The summed E-state index contributed by atoms with van der Waals surface area (Å²) in [5, 5.41) is 4.18. The molecule has 0 aliphatic heterocycles. The highest BCUT2D eigenvalue weighted by atomic mass is 32.1. The van der Waals surface area contributed by atoms with Gasteiger partial charge in [-0.3, -0.25) is 9.48 Å². The van der Waals surface area contributed by atoms with Gasteiger partial charge in [-0.1, -0.05) is 29.4 Å². The number of thiazole rings is 1. The van der Waals surface area contributed by atoms with Gasteiger partial charge in [0.2, 0.25) is 0 Å². The lowest BCUT2D eigenvalue weighted by atomic mass is 10.3. The maximum atomic E-state index is 12.5. The summed E-state index contributed by atoms with van der Waals surface area (Å²) in [7, 11) is 0. The fourth-order valence-electron chi connectivity index (χ4n) is 2.39. The van der Waals surface area contributed by atoms with E-state index in [9.17, 15) is 4.79 Å². The molecular formula is C17H16N4OS. The highest BCUT2D eigenvalue weighted by Gasteiger charge is 2.14. The number of nitrogens with zero attached hydrogens (tertiary/aromatic N) is 4. The molecule has 0 aliphatic rings. The maximum absolute atomic E-state index is 12.5. The van der Waals surface area contributed by atoms with Gasteiger partial charge in [-0.25, -0.2) is 0 Å². The SMILES string of the molecule is C#CCn1c(=NC(=O)c2ccnn2C(C)C)sc2ccccc21. The highest BCUT2D eigenvalue weighted by molar-refractivity contribution is 7.16. The van der Waals surface area contributed by atoms with Gasteiger partial charge in [0.05, 0.1) is 16.8 Å². The summed E-state index contributed by atoms with van der Waals surface area (Å²) in [4.78, 5) is 17.4. The van der Waals surface area contributed by atoms with Crippen molar-refractivity contribution in [1.29, 1.82) is 0 Å². The number of terminal acetylenes is 1. The zero-order valence-corrected chi connectivity index (χ0v) is 13.7. The predicted octanol–water partition coefficient (Wildman–Crippen LogP) is 2.85. The third-order valence-electron chi connectivity index (χ3n) is 3.41. The lowest BCUT2D eigenvalue weighted by molar-refractivity contribution is 0.0986. The molecule has 23 heavy (non-hydrogen) atoms. The summed E-state index contributed by atoms with van der Waals surface area (Å²) in [6.07, 6.45) is 7.08. The normalized spacial score (nSPS) is 12.0. The van der Waals surface area contributed by atoms with Gasteiger partial charge in [-0.15, -0.1) is 6.42 Å². The summed E-state index contributed by atoms with van der Waals surface area (Å²) in [6.45, 7) is 4.32. The number of carbonyl (C=O) groups excluding carboxylic acids is 1. The van der Waals surface area contributed by atoms with Gasteiger partial charge in [0, 0.05) is 12.2 Å². The van der Waals surface area contributed by atoms with Crippen molar-refractivity contribution < 1.29 is 4.79 Å². The summed E-state index contributed by atoms with van der Waals surface area (Å²) in [5.41, 5.74) is 1.46. The Morgan fingerprint density at radius 3 is 2.91 bits per heavy atom. The molecule has 0 N–H and O–H groups in total. The predicted molar refractivity (Wildman–Crippen MR) is 91.2 cm³/mol. The molecule has 0 spiro atoms. The first-order valence-electron chi connectivity index (χ1n) is 7.26. The van der Waals surface area contributed by atoms with E-state index in [0.29, 0.717) is 17.0 Å². The van der Waals surface area contributed by atoms with E-state index >= 15 is 0 Å². The highest BCUT2D eigenvalue weighted by Crippen LogP contribution is 2.17. The summed E-state index contributed by atoms with van der Waals surface area (Å²) >= 11 is 1.45. The quantitative estimate of drug-likeness (QED) is 0.696. The lowest BCUT2D eigenvalue weighted by Crippen LogP contribution is -2.18. The minimum atomic E-state index is -0.312. The minimum Gasteiger partial charge on any atom is -0.305 e. The smallest absolute Gasteiger partial charge is 0.297 e. The van der Waals surface area contributed by atoms with Crippen molar-refractivity contribution >= 4 is 27.5 Å². The van der Waals surface area contributed by atoms with E-state index in [-0.39, 0.29) is 11.9 Å². The molecule has 0 radical (unpaired) electrons. The molecule has 3 rings (SSSR count). The molecule has 1 amide bonds. The molecule has 0 saturated heterocycles. The lowest BCUT2D eigenvalue weighted by Gasteiger charge is -2.07. The number of aromatic nitrogens is 3. The van der Waals surface area contributed by atoms with Crippen molar-refractivity contribution in [2.24, 2.45) is 4.99 Å². The number of rotatable bonds is 3. The first-order valence-corrected chi connectivity index (χ1v) is 8.08. The summed E-state index contributed by atoms with van der Waals surface area (Å²) < 4.78 is 4.60. The molecule has 116 valence electrons. The monoisotopic (exact) mass is 324 g/mol. The third kappa shape index (κ3) is 2.83. The van der Waals surface area contributed by atoms with Gasteiger partial charge >= 0.3 is 0 Å². The molecule has 0 fully saturated rings. The van der Waals surface area contributed by atoms with Crippen LogP contribution in [0.25, 0.3) is 10.2 Å². The van der Waals surface area contributed by atoms with Crippen LogP contribution in [-0.4, -0.2) is 20.3 Å². The van der Waals surface area contributed by atoms with Crippen molar-refractivity contribution in [3.05, 3.63) is 47.0 Å². The zero-order chi connectivity index (χ0) is 16.4. The van der Waals surface area contributed by atoms with Crippen molar-refractivity contribution in [2.45, 2.75) is 26.4 Å². The Morgan fingerprint density at radius 1 is 1.39 bits per heavy atom. The van der Waals surface area contributed by atoms with E-state index in [1.807, 2.05) is 42.7 Å². The molecule has 0 bridgehead atoms. The van der Waals surface area contributed by atoms with Crippen molar-refractivity contribution in [3.63, 3.8) is 0 Å². The third-order valence-corrected chi connectivity index (χ3v) is 4.47. The zero-order valence-electron chi connectivity index (χ0n) is 12.9. The first kappa shape index (κ1) is 15.3. The Balaban J connectivity index is 2.14. The van der Waals surface area contributed by atoms with Gasteiger partial charge in [0.1, 0.15) is 5.69 Å². The molecule has 5 nitrogen and oxygen atoms in total. The van der Waals surface area contributed by atoms with Crippen LogP contribution in [-0.2, 0) is 6.54 Å². The minimum absolute atomic E-state index is 0.0967. The van der Waals surface area contributed by atoms with E-state index in [0.717, 1.165) is 10.2 Å². The Labute approximate surface area is 137 Å². The standard InChI is InChI=1S/C17H16N4OS/c1-4-11-20-13-7-5-6-8-15(13)23-17(20)19-16(22)14-9-10-18-21(14)12(2)3/h1,5-10,12H,11H2,2-3H3. The number of para-hydroxylation sites is 1. The van der Waals surface area contributed by atoms with Gasteiger partial charge in [0.15, 0.2) is 4.80 Å². The molecule has 2 aromatic heterocycles. The van der Waals surface area contributed by atoms with Crippen LogP contribution in [0.3, 0.4) is 0 Å². The number of hydrogen-bond donors (Lipinski definition) is 0. The molecule has 3 aromatic rings. The summed E-state index contributed by atoms with van der Waals surface area (Å²) in [5.74, 6) is 2.31. The average molecular weight is 324 g/mol. The fraction of sp³-hybridized carbons (Fsp3) is 0.235. The van der Waals surface area contributed by atoms with Crippen LogP contribution in [0.2, 0.25) is 0 Å². The van der Waals surface area contributed by atoms with E-state index in [1.54, 1.807) is 16.9 Å². The molecule has 1 aromatic carbocycles. The number of carbonyl (C=O) groups is 1. The summed E-state index contributed by atoms with van der Waals surface area (Å²) in [6, 6.07) is 9.66. The van der Waals surface area contributed by atoms with E-state index in [1.165, 1.54) is 11.3 Å². The van der Waals surface area contributed by atoms with Crippen LogP contribution < -0.4 is 4.80 Å². The van der Waals surface area contributed by atoms with Crippen LogP contribution in [0.5, 0.6) is 0 Å². The Bertz CT molecular complexity index is 968. The molecule has 2 heterocycles.